The summed E-state index contributed by atoms with van der Waals surface area (Å²) in [5.74, 6) is 0.644. The molecule has 0 saturated heterocycles. The third-order valence-corrected chi connectivity index (χ3v) is 2.75. The largest absolute Gasteiger partial charge is 0.496 e. The van der Waals surface area contributed by atoms with Crippen molar-refractivity contribution in [1.82, 2.24) is 0 Å². The number of thioether (sulfide) groups is 1. The quantitative estimate of drug-likeness (QED) is 0.549. The molecule has 0 heterocycles. The lowest BCUT2D eigenvalue weighted by molar-refractivity contribution is 0.112. The van der Waals surface area contributed by atoms with Crippen LogP contribution < -0.4 is 4.74 Å². The van der Waals surface area contributed by atoms with E-state index >= 15 is 0 Å². The Morgan fingerprint density at radius 3 is 2.62 bits per heavy atom. The maximum Gasteiger partial charge on any atom is 0.153 e. The van der Waals surface area contributed by atoms with Gasteiger partial charge in [0.15, 0.2) is 6.29 Å². The second kappa shape index (κ2) is 4.33. The van der Waals surface area contributed by atoms with Gasteiger partial charge in [0.2, 0.25) is 0 Å². The molecular formula is C10H12O2S. The summed E-state index contributed by atoms with van der Waals surface area (Å²) in [6.07, 6.45) is 2.81. The molecule has 0 radical (unpaired) electrons. The van der Waals surface area contributed by atoms with Crippen molar-refractivity contribution < 1.29 is 9.53 Å². The molecule has 1 aromatic rings. The van der Waals surface area contributed by atoms with Gasteiger partial charge in [0, 0.05) is 4.90 Å². The molecule has 0 aliphatic rings. The molecule has 0 atom stereocenters. The fraction of sp³-hybridized carbons (Fsp3) is 0.300. The van der Waals surface area contributed by atoms with E-state index < -0.39 is 0 Å². The fourth-order valence-electron chi connectivity index (χ4n) is 1.17. The van der Waals surface area contributed by atoms with Gasteiger partial charge in [-0.15, -0.1) is 11.8 Å². The zero-order chi connectivity index (χ0) is 9.84. The highest BCUT2D eigenvalue weighted by Gasteiger charge is 2.05. The summed E-state index contributed by atoms with van der Waals surface area (Å²) in [5, 5.41) is 0. The standard InChI is InChI=1S/C10H12O2S/c1-7-4-9(12-2)8(6-11)5-10(7)13-3/h4-6H,1-3H3. The van der Waals surface area contributed by atoms with Gasteiger partial charge in [0.1, 0.15) is 5.75 Å². The second-order valence-electron chi connectivity index (χ2n) is 2.68. The molecule has 0 spiro atoms. The topological polar surface area (TPSA) is 26.3 Å². The maximum absolute atomic E-state index is 10.7. The minimum absolute atomic E-state index is 0.609. The molecule has 13 heavy (non-hydrogen) atoms. The number of hydrogen-bond acceptors (Lipinski definition) is 3. The number of rotatable bonds is 3. The predicted molar refractivity (Wildman–Crippen MR) is 54.9 cm³/mol. The number of methoxy groups -OCH3 is 1. The van der Waals surface area contributed by atoms with E-state index in [0.717, 1.165) is 16.7 Å². The van der Waals surface area contributed by atoms with E-state index in [9.17, 15) is 4.79 Å². The Labute approximate surface area is 82.3 Å². The van der Waals surface area contributed by atoms with E-state index in [2.05, 4.69) is 0 Å². The van der Waals surface area contributed by atoms with Crippen LogP contribution in [0.5, 0.6) is 5.75 Å². The summed E-state index contributed by atoms with van der Waals surface area (Å²) in [7, 11) is 1.57. The van der Waals surface area contributed by atoms with Crippen LogP contribution in [-0.4, -0.2) is 19.7 Å². The van der Waals surface area contributed by atoms with Gasteiger partial charge in [-0.1, -0.05) is 0 Å². The first-order chi connectivity index (χ1) is 6.22. The van der Waals surface area contributed by atoms with Crippen LogP contribution in [0.3, 0.4) is 0 Å². The average Bonchev–Trinajstić information content (AvgIpc) is 2.17. The zero-order valence-electron chi connectivity index (χ0n) is 7.96. The minimum Gasteiger partial charge on any atom is -0.496 e. The van der Waals surface area contributed by atoms with Gasteiger partial charge in [0.25, 0.3) is 0 Å². The van der Waals surface area contributed by atoms with Crippen molar-refractivity contribution in [3.8, 4) is 5.75 Å². The van der Waals surface area contributed by atoms with Gasteiger partial charge < -0.3 is 4.74 Å². The number of carbonyl (C=O) groups excluding carboxylic acids is 1. The van der Waals surface area contributed by atoms with Gasteiger partial charge in [-0.3, -0.25) is 4.79 Å². The third-order valence-electron chi connectivity index (χ3n) is 1.87. The Kier molecular flexibility index (Phi) is 3.37. The van der Waals surface area contributed by atoms with Crippen molar-refractivity contribution in [2.75, 3.05) is 13.4 Å². The van der Waals surface area contributed by atoms with Gasteiger partial charge in [-0.05, 0) is 30.9 Å². The van der Waals surface area contributed by atoms with Crippen molar-refractivity contribution >= 4 is 18.0 Å². The lowest BCUT2D eigenvalue weighted by atomic mass is 10.1. The lowest BCUT2D eigenvalue weighted by Crippen LogP contribution is -1.92. The first-order valence-electron chi connectivity index (χ1n) is 3.90. The number of aryl methyl sites for hydroxylation is 1. The summed E-state index contributed by atoms with van der Waals surface area (Å²) in [6, 6.07) is 3.74. The van der Waals surface area contributed by atoms with Crippen molar-refractivity contribution in [2.24, 2.45) is 0 Å². The van der Waals surface area contributed by atoms with E-state index in [1.807, 2.05) is 25.3 Å². The zero-order valence-corrected chi connectivity index (χ0v) is 8.77. The lowest BCUT2D eigenvalue weighted by Gasteiger charge is -2.08. The first-order valence-corrected chi connectivity index (χ1v) is 5.13. The Bertz CT molecular complexity index is 321. The molecule has 0 aliphatic carbocycles. The molecule has 0 bridgehead atoms. The Morgan fingerprint density at radius 2 is 2.15 bits per heavy atom. The number of carbonyl (C=O) groups is 1. The minimum atomic E-state index is 0.609. The smallest absolute Gasteiger partial charge is 0.153 e. The van der Waals surface area contributed by atoms with E-state index in [1.165, 1.54) is 0 Å². The van der Waals surface area contributed by atoms with Crippen LogP contribution in [0.4, 0.5) is 0 Å². The van der Waals surface area contributed by atoms with E-state index in [4.69, 9.17) is 4.74 Å². The summed E-state index contributed by atoms with van der Waals surface area (Å²) < 4.78 is 5.08. The first kappa shape index (κ1) is 10.1. The molecule has 0 aromatic heterocycles. The molecule has 1 rings (SSSR count). The Hall–Kier alpha value is -0.960. The summed E-state index contributed by atoms with van der Waals surface area (Å²) >= 11 is 1.63. The van der Waals surface area contributed by atoms with E-state index in [0.29, 0.717) is 11.3 Å². The predicted octanol–water partition coefficient (Wildman–Crippen LogP) is 2.54. The Morgan fingerprint density at radius 1 is 1.46 bits per heavy atom. The van der Waals surface area contributed by atoms with Gasteiger partial charge in [-0.2, -0.15) is 0 Å². The summed E-state index contributed by atoms with van der Waals surface area (Å²) in [6.45, 7) is 2.00. The third kappa shape index (κ3) is 2.04. The SMILES string of the molecule is COc1cc(C)c(SC)cc1C=O. The van der Waals surface area contributed by atoms with Crippen LogP contribution in [-0.2, 0) is 0 Å². The van der Waals surface area contributed by atoms with E-state index in [-0.39, 0.29) is 0 Å². The van der Waals surface area contributed by atoms with Crippen LogP contribution in [0, 0.1) is 6.92 Å². The Balaban J connectivity index is 3.26. The molecule has 0 amide bonds. The molecular weight excluding hydrogens is 184 g/mol. The number of hydrogen-bond donors (Lipinski definition) is 0. The molecule has 1 aromatic carbocycles. The van der Waals surface area contributed by atoms with Crippen molar-refractivity contribution in [3.63, 3.8) is 0 Å². The molecule has 3 heteroatoms. The average molecular weight is 196 g/mol. The molecule has 0 N–H and O–H groups in total. The van der Waals surface area contributed by atoms with Crippen molar-refractivity contribution in [3.05, 3.63) is 23.3 Å². The number of ether oxygens (including phenoxy) is 1. The number of aldehydes is 1. The van der Waals surface area contributed by atoms with Gasteiger partial charge >= 0.3 is 0 Å². The van der Waals surface area contributed by atoms with Crippen molar-refractivity contribution in [1.29, 1.82) is 0 Å². The summed E-state index contributed by atoms with van der Waals surface area (Å²) in [4.78, 5) is 11.8. The van der Waals surface area contributed by atoms with Crippen LogP contribution >= 0.6 is 11.8 Å². The van der Waals surface area contributed by atoms with Crippen LogP contribution in [0.25, 0.3) is 0 Å². The highest BCUT2D eigenvalue weighted by atomic mass is 32.2. The van der Waals surface area contributed by atoms with E-state index in [1.54, 1.807) is 18.9 Å². The molecule has 0 saturated carbocycles. The molecule has 0 aliphatic heterocycles. The molecule has 2 nitrogen and oxygen atoms in total. The normalized spacial score (nSPS) is 9.77. The van der Waals surface area contributed by atoms with Crippen LogP contribution in [0.15, 0.2) is 17.0 Å². The van der Waals surface area contributed by atoms with Gasteiger partial charge in [-0.25, -0.2) is 0 Å². The molecule has 70 valence electrons. The molecule has 0 fully saturated rings. The van der Waals surface area contributed by atoms with Crippen LogP contribution in [0.2, 0.25) is 0 Å². The van der Waals surface area contributed by atoms with Crippen LogP contribution in [0.1, 0.15) is 15.9 Å². The van der Waals surface area contributed by atoms with Gasteiger partial charge in [0.05, 0.1) is 12.7 Å². The maximum atomic E-state index is 10.7. The molecule has 0 unspecified atom stereocenters. The highest BCUT2D eigenvalue weighted by Crippen LogP contribution is 2.27. The summed E-state index contributed by atoms with van der Waals surface area (Å²) in [5.41, 5.74) is 1.74. The fourth-order valence-corrected chi connectivity index (χ4v) is 1.79. The highest BCUT2D eigenvalue weighted by molar-refractivity contribution is 7.98. The van der Waals surface area contributed by atoms with Crippen molar-refractivity contribution in [2.45, 2.75) is 11.8 Å². The monoisotopic (exact) mass is 196 g/mol. The second-order valence-corrected chi connectivity index (χ2v) is 3.53. The number of benzene rings is 1.